The van der Waals surface area contributed by atoms with Crippen LogP contribution >= 0.6 is 0 Å². The fourth-order valence-electron chi connectivity index (χ4n) is 3.63. The number of amides is 2. The number of anilines is 1. The molecule has 1 aliphatic heterocycles. The van der Waals surface area contributed by atoms with Crippen molar-refractivity contribution < 1.29 is 17.6 Å². The van der Waals surface area contributed by atoms with Crippen molar-refractivity contribution in [3.8, 4) is 11.1 Å². The number of likely N-dealkylation sites (N-methyl/N-ethyl adjacent to an activating group) is 1. The highest BCUT2D eigenvalue weighted by Crippen LogP contribution is 2.33. The molecule has 2 aromatic carbocycles. The van der Waals surface area contributed by atoms with Crippen LogP contribution in [0.5, 0.6) is 0 Å². The van der Waals surface area contributed by atoms with E-state index in [2.05, 4.69) is 5.32 Å². The summed E-state index contributed by atoms with van der Waals surface area (Å²) in [7, 11) is -1.51. The van der Waals surface area contributed by atoms with E-state index in [1.54, 1.807) is 30.1 Å². The number of nitrogens with one attached hydrogen (secondary N) is 1. The van der Waals surface area contributed by atoms with Crippen LogP contribution in [-0.4, -0.2) is 55.1 Å². The van der Waals surface area contributed by atoms with E-state index in [0.717, 1.165) is 24.0 Å². The Labute approximate surface area is 170 Å². The summed E-state index contributed by atoms with van der Waals surface area (Å²) in [5, 5.41) is 2.62. The van der Waals surface area contributed by atoms with Gasteiger partial charge < -0.3 is 10.2 Å². The third-order valence-corrected chi connectivity index (χ3v) is 7.96. The lowest BCUT2D eigenvalue weighted by molar-refractivity contribution is 0.206. The summed E-state index contributed by atoms with van der Waals surface area (Å²) in [6, 6.07) is 13.1. The van der Waals surface area contributed by atoms with Gasteiger partial charge in [0.2, 0.25) is 10.0 Å². The average molecular weight is 418 g/mol. The molecule has 0 unspecified atom stereocenters. The van der Waals surface area contributed by atoms with Gasteiger partial charge in [-0.25, -0.2) is 17.6 Å². The monoisotopic (exact) mass is 417 g/mol. The van der Waals surface area contributed by atoms with Crippen LogP contribution in [0.3, 0.4) is 0 Å². The predicted molar refractivity (Wildman–Crippen MR) is 111 cm³/mol. The van der Waals surface area contributed by atoms with Crippen molar-refractivity contribution in [3.05, 3.63) is 54.3 Å². The molecule has 6 nitrogen and oxygen atoms in total. The summed E-state index contributed by atoms with van der Waals surface area (Å²) in [6.07, 6.45) is 2.12. The molecule has 29 heavy (non-hydrogen) atoms. The highest BCUT2D eigenvalue weighted by molar-refractivity contribution is 7.90. The first-order valence-electron chi connectivity index (χ1n) is 9.73. The van der Waals surface area contributed by atoms with E-state index in [1.165, 1.54) is 16.4 Å². The predicted octanol–water partition coefficient (Wildman–Crippen LogP) is 3.52. The molecule has 4 rings (SSSR count). The van der Waals surface area contributed by atoms with Crippen molar-refractivity contribution in [2.24, 2.45) is 0 Å². The molecule has 2 aliphatic rings. The molecule has 2 aromatic rings. The van der Waals surface area contributed by atoms with Crippen LogP contribution in [0.1, 0.15) is 19.3 Å². The number of hydrogen-bond donors (Lipinski definition) is 1. The van der Waals surface area contributed by atoms with Gasteiger partial charge in [0.15, 0.2) is 0 Å². The number of halogens is 1. The molecule has 2 fully saturated rings. The zero-order valence-electron chi connectivity index (χ0n) is 16.2. The van der Waals surface area contributed by atoms with Gasteiger partial charge in [-0.2, -0.15) is 4.31 Å². The molecule has 0 bridgehead atoms. The van der Waals surface area contributed by atoms with E-state index in [0.29, 0.717) is 25.2 Å². The third-order valence-electron chi connectivity index (χ3n) is 5.59. The Hall–Kier alpha value is -2.45. The maximum absolute atomic E-state index is 13.4. The lowest BCUT2D eigenvalue weighted by Crippen LogP contribution is -2.42. The van der Waals surface area contributed by atoms with E-state index in [-0.39, 0.29) is 23.1 Å². The Kier molecular flexibility index (Phi) is 5.31. The summed E-state index contributed by atoms with van der Waals surface area (Å²) < 4.78 is 39.7. The number of urea groups is 1. The van der Waals surface area contributed by atoms with Gasteiger partial charge in [-0.3, -0.25) is 0 Å². The minimum Gasteiger partial charge on any atom is -0.323 e. The van der Waals surface area contributed by atoms with Gasteiger partial charge in [0.1, 0.15) is 5.82 Å². The van der Waals surface area contributed by atoms with Crippen LogP contribution in [0.4, 0.5) is 14.9 Å². The SMILES string of the molecule is CN(C(=O)Nc1ccc(-c2cccc(F)c2)cc1)[C@H]1CCN(S(=O)(=O)C2CC2)C1. The van der Waals surface area contributed by atoms with Gasteiger partial charge in [0.25, 0.3) is 0 Å². The number of hydrogen-bond acceptors (Lipinski definition) is 3. The lowest BCUT2D eigenvalue weighted by Gasteiger charge is -2.25. The quantitative estimate of drug-likeness (QED) is 0.809. The highest BCUT2D eigenvalue weighted by Gasteiger charge is 2.43. The molecule has 1 N–H and O–H groups in total. The van der Waals surface area contributed by atoms with Crippen LogP contribution in [0.2, 0.25) is 0 Å². The molecule has 1 atom stereocenters. The smallest absolute Gasteiger partial charge is 0.321 e. The van der Waals surface area contributed by atoms with Crippen molar-refractivity contribution in [2.75, 3.05) is 25.5 Å². The second-order valence-electron chi connectivity index (χ2n) is 7.67. The molecule has 2 amide bonds. The van der Waals surface area contributed by atoms with Gasteiger partial charge in [-0.1, -0.05) is 24.3 Å². The van der Waals surface area contributed by atoms with Crippen molar-refractivity contribution in [3.63, 3.8) is 0 Å². The first kappa shape index (κ1) is 19.8. The highest BCUT2D eigenvalue weighted by atomic mass is 32.2. The standard InChI is InChI=1S/C21H24FN3O3S/c1-24(19-11-12-25(14-19)29(27,28)20-9-10-20)21(26)23-18-7-5-15(6-8-18)16-3-2-4-17(22)13-16/h2-8,13,19-20H,9-12,14H2,1H3,(H,23,26)/t19-/m0/s1. The van der Waals surface area contributed by atoms with Gasteiger partial charge in [-0.05, 0) is 54.7 Å². The first-order valence-corrected chi connectivity index (χ1v) is 11.2. The third kappa shape index (κ3) is 4.28. The van der Waals surface area contributed by atoms with E-state index in [9.17, 15) is 17.6 Å². The van der Waals surface area contributed by atoms with E-state index in [1.807, 2.05) is 18.2 Å². The minimum absolute atomic E-state index is 0.143. The Morgan fingerprint density at radius 2 is 1.83 bits per heavy atom. The molecular weight excluding hydrogens is 393 g/mol. The van der Waals surface area contributed by atoms with Gasteiger partial charge in [0.05, 0.1) is 5.25 Å². The Morgan fingerprint density at radius 3 is 2.48 bits per heavy atom. The second-order valence-corrected chi connectivity index (χ2v) is 9.89. The summed E-state index contributed by atoms with van der Waals surface area (Å²) in [5.74, 6) is -0.296. The number of carbonyl (C=O) groups is 1. The first-order chi connectivity index (χ1) is 13.8. The van der Waals surface area contributed by atoms with Crippen LogP contribution in [0.25, 0.3) is 11.1 Å². The fraction of sp³-hybridized carbons (Fsp3) is 0.381. The molecule has 1 aliphatic carbocycles. The number of nitrogens with zero attached hydrogens (tertiary/aromatic N) is 2. The molecule has 1 saturated heterocycles. The molecule has 0 radical (unpaired) electrons. The normalized spacial score (nSPS) is 19.9. The molecular formula is C21H24FN3O3S. The number of carbonyl (C=O) groups excluding carboxylic acids is 1. The minimum atomic E-state index is -3.20. The number of benzene rings is 2. The molecule has 1 heterocycles. The average Bonchev–Trinajstić information content (AvgIpc) is 3.45. The number of rotatable bonds is 5. The lowest BCUT2D eigenvalue weighted by atomic mass is 10.1. The van der Waals surface area contributed by atoms with Crippen molar-refractivity contribution >= 4 is 21.7 Å². The molecule has 154 valence electrons. The fourth-order valence-corrected chi connectivity index (χ4v) is 5.52. The largest absolute Gasteiger partial charge is 0.323 e. The summed E-state index contributed by atoms with van der Waals surface area (Å²) in [6.45, 7) is 0.810. The van der Waals surface area contributed by atoms with Gasteiger partial charge in [-0.15, -0.1) is 0 Å². The van der Waals surface area contributed by atoms with Crippen LogP contribution in [0.15, 0.2) is 48.5 Å². The summed E-state index contributed by atoms with van der Waals surface area (Å²) in [5.41, 5.74) is 2.25. The van der Waals surface area contributed by atoms with Crippen LogP contribution in [-0.2, 0) is 10.0 Å². The Balaban J connectivity index is 1.36. The topological polar surface area (TPSA) is 69.7 Å². The zero-order valence-corrected chi connectivity index (χ0v) is 17.0. The Bertz CT molecular complexity index is 1010. The van der Waals surface area contributed by atoms with E-state index < -0.39 is 10.0 Å². The molecule has 8 heteroatoms. The van der Waals surface area contributed by atoms with Gasteiger partial charge in [0, 0.05) is 31.9 Å². The maximum atomic E-state index is 13.4. The van der Waals surface area contributed by atoms with Crippen LogP contribution < -0.4 is 5.32 Å². The van der Waals surface area contributed by atoms with Crippen LogP contribution in [0, 0.1) is 5.82 Å². The molecule has 0 spiro atoms. The van der Waals surface area contributed by atoms with E-state index in [4.69, 9.17) is 0 Å². The molecule has 0 aromatic heterocycles. The van der Waals surface area contributed by atoms with Gasteiger partial charge >= 0.3 is 6.03 Å². The number of sulfonamides is 1. The summed E-state index contributed by atoms with van der Waals surface area (Å²) in [4.78, 5) is 14.2. The zero-order chi connectivity index (χ0) is 20.6. The van der Waals surface area contributed by atoms with Crippen molar-refractivity contribution in [1.82, 2.24) is 9.21 Å². The van der Waals surface area contributed by atoms with E-state index >= 15 is 0 Å². The summed E-state index contributed by atoms with van der Waals surface area (Å²) >= 11 is 0. The Morgan fingerprint density at radius 1 is 1.10 bits per heavy atom. The van der Waals surface area contributed by atoms with Crippen molar-refractivity contribution in [1.29, 1.82) is 0 Å². The maximum Gasteiger partial charge on any atom is 0.321 e. The van der Waals surface area contributed by atoms with Crippen molar-refractivity contribution in [2.45, 2.75) is 30.6 Å². The second kappa shape index (κ2) is 7.76. The molecule has 1 saturated carbocycles.